The first-order valence-corrected chi connectivity index (χ1v) is 4.83. The molecule has 1 heterocycles. The van der Waals surface area contributed by atoms with Crippen LogP contribution in [0.5, 0.6) is 5.75 Å². The maximum absolute atomic E-state index is 9.58. The number of nitrogens with zero attached hydrogens (tertiary/aromatic N) is 2. The molecule has 0 radical (unpaired) electrons. The summed E-state index contributed by atoms with van der Waals surface area (Å²) < 4.78 is 0. The molecule has 4 N–H and O–H groups in total. The number of aromatic nitrogens is 2. The molecule has 2 rings (SSSR count). The molecule has 0 spiro atoms. The van der Waals surface area contributed by atoms with Gasteiger partial charge in [-0.1, -0.05) is 0 Å². The Labute approximate surface area is 93.0 Å². The van der Waals surface area contributed by atoms with Crippen LogP contribution in [0.3, 0.4) is 0 Å². The van der Waals surface area contributed by atoms with Gasteiger partial charge in [-0.05, 0) is 18.2 Å². The Kier molecular flexibility index (Phi) is 2.86. The number of phenolic OH excluding ortho intramolecular Hbond substituents is 1. The zero-order chi connectivity index (χ0) is 11.4. The van der Waals surface area contributed by atoms with Gasteiger partial charge in [0.2, 0.25) is 0 Å². The maximum Gasteiger partial charge on any atom is 0.144 e. The second-order valence-electron chi connectivity index (χ2n) is 3.33. The molecule has 5 heteroatoms. The minimum absolute atomic E-state index is 0.214. The Morgan fingerprint density at radius 3 is 2.94 bits per heavy atom. The van der Waals surface area contributed by atoms with Gasteiger partial charge in [-0.2, -0.15) is 0 Å². The lowest BCUT2D eigenvalue weighted by Crippen LogP contribution is -2.02. The van der Waals surface area contributed by atoms with Gasteiger partial charge in [0.05, 0.1) is 6.20 Å². The number of aromatic hydroxyl groups is 1. The summed E-state index contributed by atoms with van der Waals surface area (Å²) in [6.45, 7) is 0.454. The van der Waals surface area contributed by atoms with Gasteiger partial charge in [0.1, 0.15) is 11.6 Å². The molecule has 0 fully saturated rings. The van der Waals surface area contributed by atoms with Gasteiger partial charge in [0.25, 0.3) is 0 Å². The van der Waals surface area contributed by atoms with Gasteiger partial charge in [-0.3, -0.25) is 4.98 Å². The van der Waals surface area contributed by atoms with Crippen LogP contribution in [0, 0.1) is 0 Å². The van der Waals surface area contributed by atoms with Crippen LogP contribution < -0.4 is 11.1 Å². The number of nitrogens with two attached hydrogens (primary N) is 1. The van der Waals surface area contributed by atoms with Crippen LogP contribution in [0.15, 0.2) is 36.8 Å². The van der Waals surface area contributed by atoms with E-state index in [1.807, 2.05) is 0 Å². The number of hydrogen-bond acceptors (Lipinski definition) is 5. The molecular formula is C11H12N4O. The quantitative estimate of drug-likeness (QED) is 0.533. The number of nitrogen functional groups attached to an aromatic ring is 1. The van der Waals surface area contributed by atoms with Crippen LogP contribution >= 0.6 is 0 Å². The van der Waals surface area contributed by atoms with Crippen LogP contribution in [0.1, 0.15) is 5.56 Å². The van der Waals surface area contributed by atoms with Gasteiger partial charge in [0, 0.05) is 30.2 Å². The second-order valence-corrected chi connectivity index (χ2v) is 3.33. The molecule has 0 unspecified atom stereocenters. The molecule has 0 atom stereocenters. The van der Waals surface area contributed by atoms with E-state index in [0.717, 1.165) is 5.56 Å². The lowest BCUT2D eigenvalue weighted by molar-refractivity contribution is 0.469. The van der Waals surface area contributed by atoms with E-state index < -0.39 is 0 Å². The number of phenols is 1. The summed E-state index contributed by atoms with van der Waals surface area (Å²) in [4.78, 5) is 7.98. The van der Waals surface area contributed by atoms with Crippen LogP contribution in [0.4, 0.5) is 11.5 Å². The van der Waals surface area contributed by atoms with Crippen LogP contribution in [0.25, 0.3) is 0 Å². The number of hydrogen-bond donors (Lipinski definition) is 3. The molecule has 1 aromatic carbocycles. The number of nitrogens with one attached hydrogen (secondary N) is 1. The number of rotatable bonds is 3. The summed E-state index contributed by atoms with van der Waals surface area (Å²) in [7, 11) is 0. The Hall–Kier alpha value is -2.30. The van der Waals surface area contributed by atoms with Crippen molar-refractivity contribution in [1.82, 2.24) is 9.97 Å². The molecular weight excluding hydrogens is 204 g/mol. The van der Waals surface area contributed by atoms with Gasteiger partial charge in [-0.15, -0.1) is 0 Å². The van der Waals surface area contributed by atoms with Crippen molar-refractivity contribution in [3.8, 4) is 5.75 Å². The van der Waals surface area contributed by atoms with E-state index >= 15 is 0 Å². The minimum Gasteiger partial charge on any atom is -0.508 e. The third-order valence-corrected chi connectivity index (χ3v) is 2.13. The molecule has 0 saturated heterocycles. The van der Waals surface area contributed by atoms with Crippen molar-refractivity contribution in [3.05, 3.63) is 42.4 Å². The first kappa shape index (κ1) is 10.2. The first-order chi connectivity index (χ1) is 7.75. The van der Waals surface area contributed by atoms with Crippen molar-refractivity contribution in [1.29, 1.82) is 0 Å². The molecule has 1 aromatic heterocycles. The Morgan fingerprint density at radius 2 is 2.19 bits per heavy atom. The molecule has 0 aliphatic rings. The Bertz CT molecular complexity index is 473. The van der Waals surface area contributed by atoms with Gasteiger partial charge >= 0.3 is 0 Å². The van der Waals surface area contributed by atoms with E-state index in [9.17, 15) is 5.11 Å². The van der Waals surface area contributed by atoms with E-state index in [1.165, 1.54) is 0 Å². The third-order valence-electron chi connectivity index (χ3n) is 2.13. The summed E-state index contributed by atoms with van der Waals surface area (Å²) in [5.41, 5.74) is 6.98. The highest BCUT2D eigenvalue weighted by Gasteiger charge is 2.01. The van der Waals surface area contributed by atoms with Crippen molar-refractivity contribution >= 4 is 11.5 Å². The molecule has 16 heavy (non-hydrogen) atoms. The number of benzene rings is 1. The van der Waals surface area contributed by atoms with Crippen molar-refractivity contribution in [2.45, 2.75) is 6.54 Å². The fourth-order valence-electron chi connectivity index (χ4n) is 1.32. The van der Waals surface area contributed by atoms with Crippen molar-refractivity contribution in [3.63, 3.8) is 0 Å². The van der Waals surface area contributed by atoms with Gasteiger partial charge in [-0.25, -0.2) is 4.98 Å². The highest BCUT2D eigenvalue weighted by molar-refractivity contribution is 5.48. The summed E-state index contributed by atoms with van der Waals surface area (Å²) in [6.07, 6.45) is 4.81. The van der Waals surface area contributed by atoms with Gasteiger partial charge < -0.3 is 16.2 Å². The lowest BCUT2D eigenvalue weighted by Gasteiger charge is -2.07. The normalized spacial score (nSPS) is 10.0. The van der Waals surface area contributed by atoms with E-state index in [0.29, 0.717) is 18.1 Å². The highest BCUT2D eigenvalue weighted by atomic mass is 16.3. The Balaban J connectivity index is 2.08. The lowest BCUT2D eigenvalue weighted by atomic mass is 10.2. The van der Waals surface area contributed by atoms with E-state index in [4.69, 9.17) is 5.73 Å². The summed E-state index contributed by atoms with van der Waals surface area (Å²) in [5, 5.41) is 12.6. The van der Waals surface area contributed by atoms with Crippen LogP contribution in [0.2, 0.25) is 0 Å². The minimum atomic E-state index is 0.214. The standard InChI is InChI=1S/C11H12N4O/c12-9-1-2-10(16)8(5-9)6-15-11-7-13-3-4-14-11/h1-5,7,16H,6,12H2,(H,14,15). The predicted octanol–water partition coefficient (Wildman–Crippen LogP) is 1.38. The van der Waals surface area contributed by atoms with Crippen molar-refractivity contribution in [2.75, 3.05) is 11.1 Å². The average Bonchev–Trinajstić information content (AvgIpc) is 2.32. The molecule has 0 amide bonds. The molecule has 0 saturated carbocycles. The SMILES string of the molecule is Nc1ccc(O)c(CNc2cnccn2)c1. The number of anilines is 2. The largest absolute Gasteiger partial charge is 0.508 e. The van der Waals surface area contributed by atoms with E-state index in [2.05, 4.69) is 15.3 Å². The van der Waals surface area contributed by atoms with E-state index in [-0.39, 0.29) is 5.75 Å². The molecule has 0 bridgehead atoms. The van der Waals surface area contributed by atoms with Crippen LogP contribution in [-0.2, 0) is 6.54 Å². The monoisotopic (exact) mass is 216 g/mol. The summed E-state index contributed by atoms with van der Waals surface area (Å²) in [5.74, 6) is 0.870. The Morgan fingerprint density at radius 1 is 1.31 bits per heavy atom. The van der Waals surface area contributed by atoms with E-state index in [1.54, 1.807) is 36.8 Å². The predicted molar refractivity (Wildman–Crippen MR) is 61.9 cm³/mol. The summed E-state index contributed by atoms with van der Waals surface area (Å²) in [6, 6.07) is 4.95. The van der Waals surface area contributed by atoms with Crippen molar-refractivity contribution < 1.29 is 5.11 Å². The highest BCUT2D eigenvalue weighted by Crippen LogP contribution is 2.20. The molecule has 5 nitrogen and oxygen atoms in total. The zero-order valence-electron chi connectivity index (χ0n) is 8.59. The average molecular weight is 216 g/mol. The second kappa shape index (κ2) is 4.48. The first-order valence-electron chi connectivity index (χ1n) is 4.83. The van der Waals surface area contributed by atoms with Gasteiger partial charge in [0.15, 0.2) is 0 Å². The molecule has 2 aromatic rings. The summed E-state index contributed by atoms with van der Waals surface area (Å²) >= 11 is 0. The fraction of sp³-hybridized carbons (Fsp3) is 0.0909. The smallest absolute Gasteiger partial charge is 0.144 e. The maximum atomic E-state index is 9.58. The zero-order valence-corrected chi connectivity index (χ0v) is 8.59. The molecule has 0 aliphatic carbocycles. The third kappa shape index (κ3) is 2.38. The topological polar surface area (TPSA) is 84.1 Å². The van der Waals surface area contributed by atoms with Crippen LogP contribution in [-0.4, -0.2) is 15.1 Å². The fourth-order valence-corrected chi connectivity index (χ4v) is 1.32. The molecule has 0 aliphatic heterocycles. The van der Waals surface area contributed by atoms with Crippen molar-refractivity contribution in [2.24, 2.45) is 0 Å². The molecule has 82 valence electrons.